The molecule has 0 amide bonds. The van der Waals surface area contributed by atoms with Crippen LogP contribution in [0.5, 0.6) is 0 Å². The summed E-state index contributed by atoms with van der Waals surface area (Å²) < 4.78 is 34.9. The Hall–Kier alpha value is -0.650. The van der Waals surface area contributed by atoms with Crippen molar-refractivity contribution in [3.05, 3.63) is 0 Å². The smallest absolute Gasteiger partial charge is 0.159 e. The highest BCUT2D eigenvalue weighted by molar-refractivity contribution is 5.05. The van der Waals surface area contributed by atoms with Gasteiger partial charge in [-0.3, -0.25) is 0 Å². The fourth-order valence-corrected chi connectivity index (χ4v) is 1.69. The van der Waals surface area contributed by atoms with E-state index in [2.05, 4.69) is 5.92 Å². The van der Waals surface area contributed by atoms with Gasteiger partial charge in [0.05, 0.1) is 0 Å². The molecule has 0 radical (unpaired) electrons. The normalized spacial score (nSPS) is 19.3. The molecule has 0 nitrogen and oxygen atoms in total. The summed E-state index contributed by atoms with van der Waals surface area (Å²) in [4.78, 5) is 0. The molecule has 0 saturated heterocycles. The number of hydrogen-bond donors (Lipinski definition) is 0. The molecule has 0 bridgehead atoms. The van der Waals surface area contributed by atoms with Crippen molar-refractivity contribution in [1.82, 2.24) is 0 Å². The van der Waals surface area contributed by atoms with Crippen molar-refractivity contribution in [1.29, 1.82) is 0 Å². The van der Waals surface area contributed by atoms with Crippen molar-refractivity contribution < 1.29 is 13.2 Å². The van der Waals surface area contributed by atoms with Gasteiger partial charge in [-0.15, -0.1) is 0 Å². The summed E-state index contributed by atoms with van der Waals surface area (Å²) in [5, 5.41) is 0. The molecule has 1 aliphatic rings. The monoisotopic (exact) mass is 190 g/mol. The highest BCUT2D eigenvalue weighted by Gasteiger charge is 2.23. The molecule has 74 valence electrons. The Balaban J connectivity index is 2.27. The van der Waals surface area contributed by atoms with Gasteiger partial charge in [0.25, 0.3) is 0 Å². The molecule has 3 heteroatoms. The number of alkyl halides is 3. The Kier molecular flexibility index (Phi) is 3.65. The summed E-state index contributed by atoms with van der Waals surface area (Å²) in [6.45, 7) is 0. The van der Waals surface area contributed by atoms with Gasteiger partial charge < -0.3 is 0 Å². The van der Waals surface area contributed by atoms with Crippen LogP contribution in [0.4, 0.5) is 13.2 Å². The van der Waals surface area contributed by atoms with Crippen LogP contribution in [-0.4, -0.2) is 6.18 Å². The van der Waals surface area contributed by atoms with Crippen molar-refractivity contribution in [3.63, 3.8) is 0 Å². The van der Waals surface area contributed by atoms with Crippen molar-refractivity contribution in [2.45, 2.75) is 44.7 Å². The lowest BCUT2D eigenvalue weighted by Gasteiger charge is -2.18. The van der Waals surface area contributed by atoms with Crippen molar-refractivity contribution in [2.75, 3.05) is 0 Å². The Morgan fingerprint density at radius 2 is 1.69 bits per heavy atom. The summed E-state index contributed by atoms with van der Waals surface area (Å²) in [7, 11) is 0. The second-order valence-electron chi connectivity index (χ2n) is 3.51. The van der Waals surface area contributed by atoms with Crippen LogP contribution < -0.4 is 0 Å². The van der Waals surface area contributed by atoms with E-state index in [-0.39, 0.29) is 0 Å². The van der Waals surface area contributed by atoms with Crippen molar-refractivity contribution in [2.24, 2.45) is 5.92 Å². The Labute approximate surface area is 76.5 Å². The summed E-state index contributed by atoms with van der Waals surface area (Å²) in [5.41, 5.74) is 0. The van der Waals surface area contributed by atoms with Gasteiger partial charge in [0.2, 0.25) is 0 Å². The van der Waals surface area contributed by atoms with Crippen molar-refractivity contribution >= 4 is 0 Å². The molecular weight excluding hydrogens is 177 g/mol. The first-order chi connectivity index (χ1) is 6.08. The minimum atomic E-state index is -4.31. The maximum Gasteiger partial charge on any atom is 0.457 e. The predicted octanol–water partition coefficient (Wildman–Crippen LogP) is 3.52. The highest BCUT2D eigenvalue weighted by atomic mass is 19.4. The van der Waals surface area contributed by atoms with E-state index in [0.717, 1.165) is 25.7 Å². The summed E-state index contributed by atoms with van der Waals surface area (Å²) in [6, 6.07) is 0. The second kappa shape index (κ2) is 4.55. The van der Waals surface area contributed by atoms with E-state index in [1.807, 2.05) is 0 Å². The Morgan fingerprint density at radius 3 is 2.23 bits per heavy atom. The first-order valence-corrected chi connectivity index (χ1v) is 4.65. The molecular formula is C10H13F3. The van der Waals surface area contributed by atoms with E-state index in [1.54, 1.807) is 0 Å². The van der Waals surface area contributed by atoms with Crippen LogP contribution in [0.15, 0.2) is 0 Å². The molecule has 0 N–H and O–H groups in total. The molecule has 1 aliphatic carbocycles. The molecule has 0 heterocycles. The minimum absolute atomic E-state index is 0.406. The van der Waals surface area contributed by atoms with Gasteiger partial charge in [-0.2, -0.15) is 13.2 Å². The zero-order chi connectivity index (χ0) is 9.73. The van der Waals surface area contributed by atoms with Crippen LogP contribution in [0, 0.1) is 17.8 Å². The van der Waals surface area contributed by atoms with E-state index in [9.17, 15) is 13.2 Å². The van der Waals surface area contributed by atoms with Crippen LogP contribution in [0.2, 0.25) is 0 Å². The van der Waals surface area contributed by atoms with Gasteiger partial charge >= 0.3 is 6.18 Å². The predicted molar refractivity (Wildman–Crippen MR) is 45.0 cm³/mol. The molecule has 1 fully saturated rings. The highest BCUT2D eigenvalue weighted by Crippen LogP contribution is 2.25. The van der Waals surface area contributed by atoms with Crippen LogP contribution in [0.3, 0.4) is 0 Å². The average molecular weight is 190 g/mol. The number of rotatable bonds is 1. The van der Waals surface area contributed by atoms with Crippen LogP contribution in [0.25, 0.3) is 0 Å². The topological polar surface area (TPSA) is 0 Å². The third-order valence-electron chi connectivity index (χ3n) is 2.35. The molecule has 0 aliphatic heterocycles. The quantitative estimate of drug-likeness (QED) is 0.555. The maximum atomic E-state index is 11.6. The first-order valence-electron chi connectivity index (χ1n) is 4.65. The lowest BCUT2D eigenvalue weighted by atomic mass is 9.87. The number of halogens is 3. The van der Waals surface area contributed by atoms with E-state index < -0.39 is 6.18 Å². The van der Waals surface area contributed by atoms with E-state index >= 15 is 0 Å². The maximum absolute atomic E-state index is 11.6. The van der Waals surface area contributed by atoms with Gasteiger partial charge in [-0.1, -0.05) is 25.2 Å². The van der Waals surface area contributed by atoms with Crippen LogP contribution >= 0.6 is 0 Å². The number of hydrogen-bond acceptors (Lipinski definition) is 0. The first kappa shape index (κ1) is 10.4. The van der Waals surface area contributed by atoms with E-state index in [4.69, 9.17) is 0 Å². The zero-order valence-corrected chi connectivity index (χ0v) is 7.45. The second-order valence-corrected chi connectivity index (χ2v) is 3.51. The van der Waals surface area contributed by atoms with E-state index in [1.165, 1.54) is 12.3 Å². The SMILES string of the molecule is FC(F)(F)C#CCC1CCCCC1. The third-order valence-corrected chi connectivity index (χ3v) is 2.35. The molecule has 0 aromatic rings. The van der Waals surface area contributed by atoms with Crippen LogP contribution in [0.1, 0.15) is 38.5 Å². The zero-order valence-electron chi connectivity index (χ0n) is 7.45. The molecule has 1 saturated carbocycles. The van der Waals surface area contributed by atoms with Gasteiger partial charge in [0, 0.05) is 12.3 Å². The standard InChI is InChI=1S/C10H13F3/c11-10(12,13)8-4-7-9-5-2-1-3-6-9/h9H,1-3,5-7H2. The summed E-state index contributed by atoms with van der Waals surface area (Å²) >= 11 is 0. The largest absolute Gasteiger partial charge is 0.457 e. The van der Waals surface area contributed by atoms with Gasteiger partial charge in [0.1, 0.15) is 0 Å². The molecule has 1 rings (SSSR count). The lowest BCUT2D eigenvalue weighted by molar-refractivity contribution is -0.0697. The Bertz CT molecular complexity index is 200. The molecule has 0 spiro atoms. The molecule has 0 aromatic carbocycles. The molecule has 13 heavy (non-hydrogen) atoms. The van der Waals surface area contributed by atoms with E-state index in [0.29, 0.717) is 12.3 Å². The molecule has 0 unspecified atom stereocenters. The average Bonchev–Trinajstić information content (AvgIpc) is 2.04. The van der Waals surface area contributed by atoms with Crippen molar-refractivity contribution in [3.8, 4) is 11.8 Å². The lowest BCUT2D eigenvalue weighted by Crippen LogP contribution is -2.06. The van der Waals surface area contributed by atoms with Crippen LogP contribution in [-0.2, 0) is 0 Å². The van der Waals surface area contributed by atoms with Gasteiger partial charge in [-0.25, -0.2) is 0 Å². The molecule has 0 atom stereocenters. The summed E-state index contributed by atoms with van der Waals surface area (Å²) in [5.74, 6) is 3.95. The van der Waals surface area contributed by atoms with Gasteiger partial charge in [0.15, 0.2) is 0 Å². The molecule has 0 aromatic heterocycles. The third kappa shape index (κ3) is 4.82. The Morgan fingerprint density at radius 1 is 1.08 bits per heavy atom. The fraction of sp³-hybridized carbons (Fsp3) is 0.800. The minimum Gasteiger partial charge on any atom is -0.159 e. The van der Waals surface area contributed by atoms with Gasteiger partial charge in [-0.05, 0) is 18.8 Å². The fourth-order valence-electron chi connectivity index (χ4n) is 1.69. The summed E-state index contributed by atoms with van der Waals surface area (Å²) in [6.07, 6.45) is 1.73.